The van der Waals surface area contributed by atoms with Crippen LogP contribution in [-0.4, -0.2) is 30.2 Å². The van der Waals surface area contributed by atoms with E-state index >= 15 is 0 Å². The molecule has 126 valence electrons. The maximum absolute atomic E-state index is 12.4. The molecule has 1 amide bonds. The van der Waals surface area contributed by atoms with Crippen LogP contribution < -0.4 is 0 Å². The number of nitrogens with zero attached hydrogens (tertiary/aromatic N) is 2. The first kappa shape index (κ1) is 18.2. The number of allylic oxidation sites excluding steroid dienone is 2. The van der Waals surface area contributed by atoms with E-state index in [4.69, 9.17) is 16.9 Å². The Labute approximate surface area is 147 Å². The molecule has 0 bridgehead atoms. The molecule has 2 rings (SSSR count). The van der Waals surface area contributed by atoms with Crippen LogP contribution in [0.25, 0.3) is 0 Å². The average Bonchev–Trinajstić information content (AvgIpc) is 2.55. The predicted octanol–water partition coefficient (Wildman–Crippen LogP) is 3.87. The van der Waals surface area contributed by atoms with Gasteiger partial charge in [0.1, 0.15) is 6.07 Å². The number of ketones is 1. The molecule has 1 aromatic carbocycles. The van der Waals surface area contributed by atoms with Crippen LogP contribution in [0.15, 0.2) is 35.9 Å². The van der Waals surface area contributed by atoms with Gasteiger partial charge in [-0.1, -0.05) is 31.5 Å². The van der Waals surface area contributed by atoms with Crippen molar-refractivity contribution in [3.8, 4) is 6.07 Å². The van der Waals surface area contributed by atoms with E-state index < -0.39 is 5.41 Å². The van der Waals surface area contributed by atoms with Crippen molar-refractivity contribution >= 4 is 23.3 Å². The van der Waals surface area contributed by atoms with Gasteiger partial charge in [-0.3, -0.25) is 9.59 Å². The first-order valence-corrected chi connectivity index (χ1v) is 8.30. The normalized spacial score (nSPS) is 19.4. The number of carbonyl (C=O) groups excluding carboxylic acids is 2. The molecule has 0 N–H and O–H groups in total. The molecule has 0 spiro atoms. The minimum atomic E-state index is -0.525. The molecule has 1 aliphatic carbocycles. The Balaban J connectivity index is 2.01. The minimum Gasteiger partial charge on any atom is -0.342 e. The summed E-state index contributed by atoms with van der Waals surface area (Å²) in [5.74, 6) is -0.0399. The summed E-state index contributed by atoms with van der Waals surface area (Å²) >= 11 is 5.84. The van der Waals surface area contributed by atoms with Crippen molar-refractivity contribution in [2.45, 2.75) is 26.7 Å². The summed E-state index contributed by atoms with van der Waals surface area (Å²) in [6, 6.07) is 8.80. The van der Waals surface area contributed by atoms with Crippen LogP contribution in [0.1, 0.15) is 37.0 Å². The van der Waals surface area contributed by atoms with Gasteiger partial charge in [0.05, 0.1) is 5.57 Å². The number of halogens is 1. The fourth-order valence-corrected chi connectivity index (χ4v) is 3.16. The maximum Gasteiger partial charge on any atom is 0.253 e. The van der Waals surface area contributed by atoms with E-state index in [2.05, 4.69) is 0 Å². The first-order valence-electron chi connectivity index (χ1n) is 7.92. The van der Waals surface area contributed by atoms with Gasteiger partial charge in [-0.2, -0.15) is 5.26 Å². The van der Waals surface area contributed by atoms with Crippen LogP contribution in [0.5, 0.6) is 0 Å². The van der Waals surface area contributed by atoms with E-state index in [0.29, 0.717) is 23.6 Å². The quantitative estimate of drug-likeness (QED) is 0.833. The van der Waals surface area contributed by atoms with Crippen molar-refractivity contribution in [2.75, 3.05) is 13.6 Å². The number of nitriles is 1. The third kappa shape index (κ3) is 4.04. The van der Waals surface area contributed by atoms with Crippen LogP contribution in [0.2, 0.25) is 5.02 Å². The fraction of sp³-hybridized carbons (Fsp3) is 0.421. The lowest BCUT2D eigenvalue weighted by Gasteiger charge is -2.32. The standard InChI is InChI=1S/C19H21ClN2O2/c1-19(2)11-13(10-15(12-21)17(19)23)8-9-22(3)18(24)14-4-6-16(20)7-5-14/h4-7,10,13H,8-9,11H2,1-3H3/t13-/m1/s1. The molecule has 0 aromatic heterocycles. The zero-order valence-electron chi connectivity index (χ0n) is 14.2. The van der Waals surface area contributed by atoms with Crippen molar-refractivity contribution in [3.63, 3.8) is 0 Å². The minimum absolute atomic E-state index is 0.0673. The zero-order valence-corrected chi connectivity index (χ0v) is 14.9. The second kappa shape index (κ2) is 7.19. The second-order valence-corrected chi connectivity index (χ2v) is 7.33. The predicted molar refractivity (Wildman–Crippen MR) is 93.6 cm³/mol. The molecule has 0 aliphatic heterocycles. The number of amides is 1. The van der Waals surface area contributed by atoms with Crippen LogP contribution in [0, 0.1) is 22.7 Å². The molecule has 1 aliphatic rings. The highest BCUT2D eigenvalue weighted by molar-refractivity contribution is 6.30. The molecule has 0 saturated heterocycles. The monoisotopic (exact) mass is 344 g/mol. The van der Waals surface area contributed by atoms with Crippen molar-refractivity contribution in [2.24, 2.45) is 11.3 Å². The third-order valence-corrected chi connectivity index (χ3v) is 4.68. The van der Waals surface area contributed by atoms with Gasteiger partial charge in [0.2, 0.25) is 0 Å². The highest BCUT2D eigenvalue weighted by Crippen LogP contribution is 2.36. The molecule has 24 heavy (non-hydrogen) atoms. The van der Waals surface area contributed by atoms with Crippen molar-refractivity contribution in [1.82, 2.24) is 4.90 Å². The highest BCUT2D eigenvalue weighted by Gasteiger charge is 2.36. The summed E-state index contributed by atoms with van der Waals surface area (Å²) in [6.45, 7) is 4.30. The number of carbonyl (C=O) groups is 2. The fourth-order valence-electron chi connectivity index (χ4n) is 3.03. The average molecular weight is 345 g/mol. The molecule has 1 atom stereocenters. The Kier molecular flexibility index (Phi) is 5.46. The Morgan fingerprint density at radius 1 is 1.38 bits per heavy atom. The van der Waals surface area contributed by atoms with Crippen LogP contribution in [-0.2, 0) is 4.79 Å². The smallest absolute Gasteiger partial charge is 0.253 e. The van der Waals surface area contributed by atoms with Gasteiger partial charge in [-0.25, -0.2) is 0 Å². The van der Waals surface area contributed by atoms with E-state index in [1.165, 1.54) is 0 Å². The van der Waals surface area contributed by atoms with Crippen LogP contribution >= 0.6 is 11.6 Å². The summed E-state index contributed by atoms with van der Waals surface area (Å²) in [5, 5.41) is 9.73. The summed E-state index contributed by atoms with van der Waals surface area (Å²) in [7, 11) is 1.75. The Morgan fingerprint density at radius 3 is 2.58 bits per heavy atom. The van der Waals surface area contributed by atoms with Gasteiger partial charge >= 0.3 is 0 Å². The number of benzene rings is 1. The molecule has 0 radical (unpaired) electrons. The molecule has 0 heterocycles. The summed E-state index contributed by atoms with van der Waals surface area (Å²) in [6.07, 6.45) is 3.17. The maximum atomic E-state index is 12.4. The SMILES string of the molecule is CN(CC[C@@H]1C=C(C#N)C(=O)C(C)(C)C1)C(=O)c1ccc(Cl)cc1. The molecular formula is C19H21ClN2O2. The third-order valence-electron chi connectivity index (χ3n) is 4.43. The Bertz CT molecular complexity index is 714. The van der Waals surface area contributed by atoms with Gasteiger partial charge in [0.25, 0.3) is 5.91 Å². The lowest BCUT2D eigenvalue weighted by molar-refractivity contribution is -0.124. The van der Waals surface area contributed by atoms with Crippen molar-refractivity contribution in [1.29, 1.82) is 5.26 Å². The molecule has 1 aromatic rings. The van der Waals surface area contributed by atoms with Crippen molar-refractivity contribution in [3.05, 3.63) is 46.5 Å². The van der Waals surface area contributed by atoms with E-state index in [9.17, 15) is 9.59 Å². The van der Waals surface area contributed by atoms with E-state index in [1.54, 1.807) is 42.3 Å². The Hall–Kier alpha value is -2.12. The lowest BCUT2D eigenvalue weighted by Crippen LogP contribution is -2.34. The van der Waals surface area contributed by atoms with Gasteiger partial charge in [-0.15, -0.1) is 0 Å². The first-order chi connectivity index (χ1) is 11.2. The van der Waals surface area contributed by atoms with E-state index in [-0.39, 0.29) is 23.2 Å². The van der Waals surface area contributed by atoms with E-state index in [0.717, 1.165) is 6.42 Å². The number of hydrogen-bond acceptors (Lipinski definition) is 3. The van der Waals surface area contributed by atoms with Gasteiger partial charge in [-0.05, 0) is 43.0 Å². The van der Waals surface area contributed by atoms with Gasteiger partial charge < -0.3 is 4.90 Å². The largest absolute Gasteiger partial charge is 0.342 e. The molecule has 0 fully saturated rings. The van der Waals surface area contributed by atoms with Gasteiger partial charge in [0.15, 0.2) is 5.78 Å². The topological polar surface area (TPSA) is 61.2 Å². The number of rotatable bonds is 4. The van der Waals surface area contributed by atoms with Crippen LogP contribution in [0.4, 0.5) is 0 Å². The summed E-state index contributed by atoms with van der Waals surface area (Å²) in [4.78, 5) is 26.2. The molecule has 0 unspecified atom stereocenters. The molecule has 4 nitrogen and oxygen atoms in total. The number of Topliss-reactive ketones (excluding diaryl/α,β-unsaturated/α-hetero) is 1. The number of hydrogen-bond donors (Lipinski definition) is 0. The van der Waals surface area contributed by atoms with E-state index in [1.807, 2.05) is 19.9 Å². The van der Waals surface area contributed by atoms with Gasteiger partial charge in [0, 0.05) is 29.6 Å². The van der Waals surface area contributed by atoms with Crippen molar-refractivity contribution < 1.29 is 9.59 Å². The molecule has 0 saturated carbocycles. The summed E-state index contributed by atoms with van der Waals surface area (Å²) < 4.78 is 0. The lowest BCUT2D eigenvalue weighted by atomic mass is 9.71. The highest BCUT2D eigenvalue weighted by atomic mass is 35.5. The second-order valence-electron chi connectivity index (χ2n) is 6.89. The summed E-state index contributed by atoms with van der Waals surface area (Å²) in [5.41, 5.74) is 0.306. The zero-order chi connectivity index (χ0) is 17.9. The molecule has 5 heteroatoms. The Morgan fingerprint density at radius 2 is 2.00 bits per heavy atom. The van der Waals surface area contributed by atoms with Crippen LogP contribution in [0.3, 0.4) is 0 Å². The molecular weight excluding hydrogens is 324 g/mol.